The average molecular weight is 369 g/mol. The highest BCUT2D eigenvalue weighted by Gasteiger charge is 2.34. The first-order chi connectivity index (χ1) is 12.3. The van der Waals surface area contributed by atoms with Crippen molar-refractivity contribution in [1.82, 2.24) is 0 Å². The second kappa shape index (κ2) is 7.16. The van der Waals surface area contributed by atoms with Crippen LogP contribution in [0, 0.1) is 0 Å². The lowest BCUT2D eigenvalue weighted by Gasteiger charge is -2.26. The fraction of sp³-hybridized carbons (Fsp3) is 0.333. The second-order valence-electron chi connectivity index (χ2n) is 7.53. The minimum Gasteiger partial charge on any atom is -0.326 e. The summed E-state index contributed by atoms with van der Waals surface area (Å²) in [6, 6.07) is 16.0. The Morgan fingerprint density at radius 2 is 1.69 bits per heavy atom. The summed E-state index contributed by atoms with van der Waals surface area (Å²) in [4.78, 5) is 25.5. The highest BCUT2D eigenvalue weighted by Crippen LogP contribution is 2.42. The Bertz CT molecular complexity index is 807. The van der Waals surface area contributed by atoms with Gasteiger partial charge in [0, 0.05) is 18.3 Å². The molecule has 0 radical (unpaired) electrons. The molecule has 0 aliphatic carbocycles. The topological polar surface area (TPSA) is 49.4 Å². The van der Waals surface area contributed by atoms with Crippen molar-refractivity contribution in [3.63, 3.8) is 0 Å². The van der Waals surface area contributed by atoms with E-state index >= 15 is 0 Å². The normalized spacial score (nSPS) is 17.5. The molecule has 1 fully saturated rings. The van der Waals surface area contributed by atoms with Gasteiger partial charge in [-0.15, -0.1) is 11.8 Å². The molecule has 136 valence electrons. The number of hydrogen-bond acceptors (Lipinski definition) is 3. The number of carbonyl (C=O) groups is 2. The molecule has 0 spiro atoms. The quantitative estimate of drug-likeness (QED) is 0.853. The summed E-state index contributed by atoms with van der Waals surface area (Å²) in [5.41, 5.74) is 4.06. The number of nitrogens with one attached hydrogen (secondary N) is 1. The third-order valence-corrected chi connectivity index (χ3v) is 5.61. The SMILES string of the molecule is CC(=O)Nc1ccc(C2SCC(=O)N2c2ccc(C(C)(C)C)cc2)cc1. The van der Waals surface area contributed by atoms with Gasteiger partial charge in [-0.2, -0.15) is 0 Å². The number of benzene rings is 2. The van der Waals surface area contributed by atoms with Crippen molar-refractivity contribution in [3.05, 3.63) is 59.7 Å². The first kappa shape index (κ1) is 18.5. The molecule has 3 rings (SSSR count). The van der Waals surface area contributed by atoms with Crippen LogP contribution in [0.5, 0.6) is 0 Å². The van der Waals surface area contributed by atoms with Crippen LogP contribution < -0.4 is 10.2 Å². The van der Waals surface area contributed by atoms with E-state index in [-0.39, 0.29) is 22.6 Å². The van der Waals surface area contributed by atoms with Gasteiger partial charge in [-0.25, -0.2) is 0 Å². The summed E-state index contributed by atoms with van der Waals surface area (Å²) in [7, 11) is 0. The van der Waals surface area contributed by atoms with E-state index in [2.05, 4.69) is 38.2 Å². The zero-order chi connectivity index (χ0) is 18.9. The van der Waals surface area contributed by atoms with E-state index in [4.69, 9.17) is 0 Å². The Hall–Kier alpha value is -2.27. The van der Waals surface area contributed by atoms with E-state index in [9.17, 15) is 9.59 Å². The van der Waals surface area contributed by atoms with E-state index in [0.29, 0.717) is 5.75 Å². The van der Waals surface area contributed by atoms with Gasteiger partial charge >= 0.3 is 0 Å². The predicted octanol–water partition coefficient (Wildman–Crippen LogP) is 4.72. The van der Waals surface area contributed by atoms with Crippen LogP contribution in [0.3, 0.4) is 0 Å². The standard InChI is InChI=1S/C21H24N2O2S/c1-14(24)22-17-9-5-15(6-10-17)20-23(19(25)13-26-20)18-11-7-16(8-12-18)21(2,3)4/h5-12,20H,13H2,1-4H3,(H,22,24). The highest BCUT2D eigenvalue weighted by atomic mass is 32.2. The smallest absolute Gasteiger partial charge is 0.238 e. The van der Waals surface area contributed by atoms with Crippen molar-refractivity contribution in [2.24, 2.45) is 0 Å². The molecule has 4 nitrogen and oxygen atoms in total. The molecule has 1 atom stereocenters. The first-order valence-electron chi connectivity index (χ1n) is 8.67. The summed E-state index contributed by atoms with van der Waals surface area (Å²) >= 11 is 1.63. The third-order valence-electron chi connectivity index (χ3n) is 4.40. The molecule has 1 aliphatic rings. The summed E-state index contributed by atoms with van der Waals surface area (Å²) in [6.45, 7) is 8.03. The van der Waals surface area contributed by atoms with Crippen molar-refractivity contribution in [3.8, 4) is 0 Å². The van der Waals surface area contributed by atoms with Crippen molar-refractivity contribution in [1.29, 1.82) is 0 Å². The molecular formula is C21H24N2O2S. The van der Waals surface area contributed by atoms with Gasteiger partial charge in [-0.3, -0.25) is 14.5 Å². The molecule has 1 unspecified atom stereocenters. The molecule has 0 saturated carbocycles. The van der Waals surface area contributed by atoms with Gasteiger partial charge in [0.05, 0.1) is 5.75 Å². The van der Waals surface area contributed by atoms with Crippen LogP contribution >= 0.6 is 11.8 Å². The van der Waals surface area contributed by atoms with Crippen LogP contribution in [-0.4, -0.2) is 17.6 Å². The van der Waals surface area contributed by atoms with Crippen molar-refractivity contribution in [2.75, 3.05) is 16.0 Å². The maximum Gasteiger partial charge on any atom is 0.238 e. The zero-order valence-electron chi connectivity index (χ0n) is 15.6. The monoisotopic (exact) mass is 368 g/mol. The Morgan fingerprint density at radius 1 is 1.08 bits per heavy atom. The number of carbonyl (C=O) groups excluding carboxylic acids is 2. The molecule has 1 saturated heterocycles. The van der Waals surface area contributed by atoms with Crippen LogP contribution in [0.4, 0.5) is 11.4 Å². The molecular weight excluding hydrogens is 344 g/mol. The minimum absolute atomic E-state index is 0.0469. The van der Waals surface area contributed by atoms with Crippen LogP contribution in [0.2, 0.25) is 0 Å². The molecule has 2 aromatic carbocycles. The summed E-state index contributed by atoms with van der Waals surface area (Å²) in [6.07, 6.45) is 0. The van der Waals surface area contributed by atoms with Crippen LogP contribution in [-0.2, 0) is 15.0 Å². The fourth-order valence-corrected chi connectivity index (χ4v) is 4.18. The van der Waals surface area contributed by atoms with Crippen molar-refractivity contribution in [2.45, 2.75) is 38.5 Å². The van der Waals surface area contributed by atoms with Crippen LogP contribution in [0.25, 0.3) is 0 Å². The first-order valence-corrected chi connectivity index (χ1v) is 9.72. The predicted molar refractivity (Wildman–Crippen MR) is 109 cm³/mol. The number of nitrogens with zero attached hydrogens (tertiary/aromatic N) is 1. The third kappa shape index (κ3) is 3.93. The molecule has 0 bridgehead atoms. The fourth-order valence-electron chi connectivity index (χ4n) is 3.01. The molecule has 1 N–H and O–H groups in total. The van der Waals surface area contributed by atoms with Gasteiger partial charge in [-0.1, -0.05) is 45.0 Å². The van der Waals surface area contributed by atoms with E-state index < -0.39 is 0 Å². The number of thioether (sulfide) groups is 1. The van der Waals surface area contributed by atoms with E-state index in [1.807, 2.05) is 41.3 Å². The van der Waals surface area contributed by atoms with Crippen LogP contribution in [0.1, 0.15) is 44.2 Å². The number of rotatable bonds is 3. The molecule has 1 heterocycles. The summed E-state index contributed by atoms with van der Waals surface area (Å²) in [5.74, 6) is 0.497. The maximum atomic E-state index is 12.5. The zero-order valence-corrected chi connectivity index (χ0v) is 16.4. The van der Waals surface area contributed by atoms with Crippen molar-refractivity contribution >= 4 is 35.0 Å². The Balaban J connectivity index is 1.86. The lowest BCUT2D eigenvalue weighted by Crippen LogP contribution is -2.28. The minimum atomic E-state index is -0.0938. The second-order valence-corrected chi connectivity index (χ2v) is 8.60. The van der Waals surface area contributed by atoms with Gasteiger partial charge < -0.3 is 5.32 Å². The number of hydrogen-bond donors (Lipinski definition) is 1. The Kier molecular flexibility index (Phi) is 5.10. The lowest BCUT2D eigenvalue weighted by molar-refractivity contribution is -0.116. The highest BCUT2D eigenvalue weighted by molar-refractivity contribution is 8.00. The van der Waals surface area contributed by atoms with Gasteiger partial charge in [-0.05, 0) is 40.8 Å². The Morgan fingerprint density at radius 3 is 2.23 bits per heavy atom. The van der Waals surface area contributed by atoms with E-state index in [1.54, 1.807) is 11.8 Å². The average Bonchev–Trinajstić information content (AvgIpc) is 2.96. The molecule has 2 aromatic rings. The summed E-state index contributed by atoms with van der Waals surface area (Å²) < 4.78 is 0. The molecule has 1 aliphatic heterocycles. The van der Waals surface area contributed by atoms with Gasteiger partial charge in [0.25, 0.3) is 0 Å². The largest absolute Gasteiger partial charge is 0.326 e. The van der Waals surface area contributed by atoms with E-state index in [0.717, 1.165) is 16.9 Å². The van der Waals surface area contributed by atoms with Gasteiger partial charge in [0.2, 0.25) is 11.8 Å². The summed E-state index contributed by atoms with van der Waals surface area (Å²) in [5, 5.41) is 2.72. The molecule has 26 heavy (non-hydrogen) atoms. The van der Waals surface area contributed by atoms with E-state index in [1.165, 1.54) is 12.5 Å². The molecule has 2 amide bonds. The van der Waals surface area contributed by atoms with Crippen LogP contribution in [0.15, 0.2) is 48.5 Å². The lowest BCUT2D eigenvalue weighted by atomic mass is 9.87. The Labute approximate surface area is 159 Å². The van der Waals surface area contributed by atoms with Crippen molar-refractivity contribution < 1.29 is 9.59 Å². The number of anilines is 2. The van der Waals surface area contributed by atoms with Gasteiger partial charge in [0.15, 0.2) is 0 Å². The molecule has 5 heteroatoms. The molecule has 0 aromatic heterocycles. The van der Waals surface area contributed by atoms with Gasteiger partial charge in [0.1, 0.15) is 5.37 Å². The number of amides is 2. The maximum absolute atomic E-state index is 12.5.